The van der Waals surface area contributed by atoms with Gasteiger partial charge in [-0.2, -0.15) is 0 Å². The van der Waals surface area contributed by atoms with Crippen molar-refractivity contribution in [1.82, 2.24) is 4.57 Å². The Labute approximate surface area is 316 Å². The lowest BCUT2D eigenvalue weighted by Crippen LogP contribution is -2.26. The third-order valence-corrected chi connectivity index (χ3v) is 12.0. The summed E-state index contributed by atoms with van der Waals surface area (Å²) < 4.78 is 2.40. The van der Waals surface area contributed by atoms with Crippen molar-refractivity contribution in [3.63, 3.8) is 0 Å². The van der Waals surface area contributed by atoms with Crippen molar-refractivity contribution in [2.24, 2.45) is 0 Å². The topological polar surface area (TPSA) is 8.17 Å². The smallest absolute Gasteiger partial charge is 0.0725 e. The maximum absolute atomic E-state index is 2.49. The molecular formula is C52H38N2. The molecule has 0 saturated carbocycles. The van der Waals surface area contributed by atoms with Crippen molar-refractivity contribution in [2.45, 2.75) is 18.4 Å². The van der Waals surface area contributed by atoms with Crippen molar-refractivity contribution in [3.8, 4) is 27.9 Å². The van der Waals surface area contributed by atoms with Crippen molar-refractivity contribution in [2.75, 3.05) is 11.9 Å². The highest BCUT2D eigenvalue weighted by molar-refractivity contribution is 6.09. The molecule has 1 heterocycles. The fourth-order valence-electron chi connectivity index (χ4n) is 9.69. The summed E-state index contributed by atoms with van der Waals surface area (Å²) in [5.41, 5.74) is 19.5. The molecule has 2 nitrogen and oxygen atoms in total. The number of hydrogen-bond acceptors (Lipinski definition) is 1. The minimum atomic E-state index is -0.312. The number of aromatic nitrogens is 1. The number of hydrogen-bond donors (Lipinski definition) is 0. The quantitative estimate of drug-likeness (QED) is 0.169. The van der Waals surface area contributed by atoms with Crippen LogP contribution in [0.1, 0.15) is 38.9 Å². The molecule has 11 rings (SSSR count). The summed E-state index contributed by atoms with van der Waals surface area (Å²) in [7, 11) is 2.21. The molecule has 0 radical (unpaired) electrons. The molecule has 256 valence electrons. The number of benzene rings is 8. The van der Waals surface area contributed by atoms with E-state index in [1.807, 2.05) is 0 Å². The third-order valence-electron chi connectivity index (χ3n) is 12.0. The van der Waals surface area contributed by atoms with E-state index in [-0.39, 0.29) is 5.41 Å². The normalized spacial score (nSPS) is 13.2. The molecule has 0 bridgehead atoms. The predicted octanol–water partition coefficient (Wildman–Crippen LogP) is 12.4. The lowest BCUT2D eigenvalue weighted by molar-refractivity contribution is 0.789. The van der Waals surface area contributed by atoms with E-state index in [1.165, 1.54) is 94.4 Å². The van der Waals surface area contributed by atoms with Crippen LogP contribution in [-0.4, -0.2) is 11.6 Å². The maximum Gasteiger partial charge on any atom is 0.0725 e. The fraction of sp³-hybridized carbons (Fsp3) is 0.0769. The summed E-state index contributed by atoms with van der Waals surface area (Å²) in [4.78, 5) is 2.38. The number of fused-ring (bicyclic) bond motifs is 13. The Morgan fingerprint density at radius 3 is 1.65 bits per heavy atom. The minimum absolute atomic E-state index is 0.312. The molecule has 8 aromatic carbocycles. The Hall–Kier alpha value is -6.64. The summed E-state index contributed by atoms with van der Waals surface area (Å²) >= 11 is 0. The molecular weight excluding hydrogens is 653 g/mol. The zero-order chi connectivity index (χ0) is 35.8. The van der Waals surface area contributed by atoms with Gasteiger partial charge in [0, 0.05) is 35.7 Å². The van der Waals surface area contributed by atoms with Gasteiger partial charge in [-0.05, 0) is 104 Å². The largest absolute Gasteiger partial charge is 0.370 e. The Morgan fingerprint density at radius 2 is 0.963 bits per heavy atom. The van der Waals surface area contributed by atoms with Crippen molar-refractivity contribution in [1.29, 1.82) is 0 Å². The van der Waals surface area contributed by atoms with Crippen LogP contribution in [0.3, 0.4) is 0 Å². The van der Waals surface area contributed by atoms with Gasteiger partial charge < -0.3 is 9.47 Å². The molecule has 0 saturated heterocycles. The lowest BCUT2D eigenvalue weighted by Gasteiger charge is -2.31. The molecule has 1 aromatic heterocycles. The highest BCUT2D eigenvalue weighted by Crippen LogP contribution is 2.62. The second-order valence-electron chi connectivity index (χ2n) is 15.0. The van der Waals surface area contributed by atoms with Crippen molar-refractivity contribution < 1.29 is 0 Å². The second-order valence-corrected chi connectivity index (χ2v) is 15.0. The van der Waals surface area contributed by atoms with Crippen LogP contribution in [0.5, 0.6) is 0 Å². The molecule has 2 heteroatoms. The van der Waals surface area contributed by atoms with E-state index < -0.39 is 0 Å². The SMILES string of the molecule is CN(Cc1ccc2c(c1)C1(c3ccccc3-c3ccccc31)c1ccccc1-2)c1ccc(Cc2ccc3c4ccccc4n(-c4ccccc4)c3c2)cc1. The van der Waals surface area contributed by atoms with Gasteiger partial charge in [0.05, 0.1) is 16.4 Å². The molecule has 1 spiro atoms. The van der Waals surface area contributed by atoms with E-state index in [9.17, 15) is 0 Å². The first-order valence-electron chi connectivity index (χ1n) is 19.0. The van der Waals surface area contributed by atoms with E-state index in [0.29, 0.717) is 0 Å². The van der Waals surface area contributed by atoms with E-state index in [0.717, 1.165) is 13.0 Å². The predicted molar refractivity (Wildman–Crippen MR) is 225 cm³/mol. The molecule has 54 heavy (non-hydrogen) atoms. The van der Waals surface area contributed by atoms with E-state index in [4.69, 9.17) is 0 Å². The molecule has 0 atom stereocenters. The van der Waals surface area contributed by atoms with Crippen LogP contribution in [0.25, 0.3) is 49.7 Å². The lowest BCUT2D eigenvalue weighted by atomic mass is 9.70. The monoisotopic (exact) mass is 690 g/mol. The van der Waals surface area contributed by atoms with E-state index in [2.05, 4.69) is 205 Å². The average Bonchev–Trinajstić information content (AvgIpc) is 3.83. The molecule has 2 aliphatic rings. The zero-order valence-electron chi connectivity index (χ0n) is 30.2. The van der Waals surface area contributed by atoms with Gasteiger partial charge >= 0.3 is 0 Å². The van der Waals surface area contributed by atoms with Crippen molar-refractivity contribution >= 4 is 27.5 Å². The van der Waals surface area contributed by atoms with Gasteiger partial charge in [0.15, 0.2) is 0 Å². The van der Waals surface area contributed by atoms with E-state index >= 15 is 0 Å². The van der Waals surface area contributed by atoms with Crippen LogP contribution in [0, 0.1) is 0 Å². The molecule has 0 N–H and O–H groups in total. The van der Waals surface area contributed by atoms with Crippen LogP contribution in [0.15, 0.2) is 188 Å². The Kier molecular flexibility index (Phi) is 6.84. The van der Waals surface area contributed by atoms with Gasteiger partial charge in [0.1, 0.15) is 0 Å². The molecule has 0 aliphatic heterocycles. The third kappa shape index (κ3) is 4.47. The summed E-state index contributed by atoms with van der Waals surface area (Å²) in [5, 5.41) is 2.58. The molecule has 2 aliphatic carbocycles. The van der Waals surface area contributed by atoms with E-state index in [1.54, 1.807) is 0 Å². The maximum atomic E-state index is 2.49. The highest BCUT2D eigenvalue weighted by atomic mass is 15.1. The second kappa shape index (κ2) is 11.9. The first kappa shape index (κ1) is 30.9. The molecule has 9 aromatic rings. The molecule has 0 amide bonds. The number of nitrogens with zero attached hydrogens (tertiary/aromatic N) is 2. The van der Waals surface area contributed by atoms with Gasteiger partial charge in [0.2, 0.25) is 0 Å². The van der Waals surface area contributed by atoms with Gasteiger partial charge in [0.25, 0.3) is 0 Å². The summed E-state index contributed by atoms with van der Waals surface area (Å²) in [5.74, 6) is 0. The van der Waals surface area contributed by atoms with Crippen molar-refractivity contribution in [3.05, 3.63) is 227 Å². The summed E-state index contributed by atoms with van der Waals surface area (Å²) in [6.07, 6.45) is 0.882. The fourth-order valence-corrected chi connectivity index (χ4v) is 9.69. The Morgan fingerprint density at radius 1 is 0.426 bits per heavy atom. The van der Waals surface area contributed by atoms with Crippen LogP contribution in [0.2, 0.25) is 0 Å². The Balaban J connectivity index is 0.901. The standard InChI is InChI=1S/C52H38N2/c1-53(38-27-23-35(24-28-38)31-36-25-30-45-44-18-8-12-22-50(44)54(51(45)33-36)39-13-3-2-4-14-39)34-37-26-29-43-42-17-7-11-21-48(42)52(49(43)32-37)46-19-9-5-15-40(46)41-16-6-10-20-47(41)52/h2-30,32-33H,31,34H2,1H3. The van der Waals surface area contributed by atoms with Crippen LogP contribution >= 0.6 is 0 Å². The summed E-state index contributed by atoms with van der Waals surface area (Å²) in [6, 6.07) is 69.9. The first-order chi connectivity index (χ1) is 26.7. The molecule has 0 fully saturated rings. The van der Waals surface area contributed by atoms with Crippen LogP contribution in [-0.2, 0) is 18.4 Å². The molecule has 0 unspecified atom stereocenters. The van der Waals surface area contributed by atoms with Gasteiger partial charge in [-0.3, -0.25) is 0 Å². The number of para-hydroxylation sites is 2. The van der Waals surface area contributed by atoms with Crippen LogP contribution < -0.4 is 4.90 Å². The number of anilines is 1. The van der Waals surface area contributed by atoms with Gasteiger partial charge in [-0.15, -0.1) is 0 Å². The first-order valence-corrected chi connectivity index (χ1v) is 19.0. The van der Waals surface area contributed by atoms with Gasteiger partial charge in [-0.1, -0.05) is 152 Å². The highest BCUT2D eigenvalue weighted by Gasteiger charge is 2.51. The average molecular weight is 691 g/mol. The van der Waals surface area contributed by atoms with Crippen LogP contribution in [0.4, 0.5) is 5.69 Å². The minimum Gasteiger partial charge on any atom is -0.370 e. The van der Waals surface area contributed by atoms with Gasteiger partial charge in [-0.25, -0.2) is 0 Å². The summed E-state index contributed by atoms with van der Waals surface area (Å²) in [6.45, 7) is 0.822. The Bertz CT molecular complexity index is 2830. The number of rotatable bonds is 6. The zero-order valence-corrected chi connectivity index (χ0v) is 30.2.